The second kappa shape index (κ2) is 14.2. The molecule has 2 fully saturated rings. The molecular formula is C33H42N8O6S2. The van der Waals surface area contributed by atoms with E-state index in [1.54, 1.807) is 38.7 Å². The minimum absolute atomic E-state index is 0.115. The highest BCUT2D eigenvalue weighted by atomic mass is 32.1. The summed E-state index contributed by atoms with van der Waals surface area (Å²) in [7, 11) is 1.28. The fourth-order valence-electron chi connectivity index (χ4n) is 6.81. The van der Waals surface area contributed by atoms with Crippen molar-refractivity contribution in [3.8, 4) is 22.5 Å². The van der Waals surface area contributed by atoms with Crippen LogP contribution in [0.5, 0.6) is 0 Å². The fraction of sp³-hybridized carbons (Fsp3) is 0.515. The molecule has 4 aromatic heterocycles. The highest BCUT2D eigenvalue weighted by Gasteiger charge is 2.39. The Morgan fingerprint density at radius 2 is 1.27 bits per heavy atom. The van der Waals surface area contributed by atoms with E-state index in [2.05, 4.69) is 36.3 Å². The summed E-state index contributed by atoms with van der Waals surface area (Å²) < 4.78 is 6.95. The van der Waals surface area contributed by atoms with Crippen LogP contribution < -0.4 is 10.6 Å². The van der Waals surface area contributed by atoms with Gasteiger partial charge in [0.2, 0.25) is 11.8 Å². The third-order valence-corrected chi connectivity index (χ3v) is 11.5. The summed E-state index contributed by atoms with van der Waals surface area (Å²) in [6.07, 6.45) is 4.92. The SMILES string of the molecule is COC(=O)N[C@H](C(=O)N1CCCC1c1ncc(-c2csc3c(-c4cnc(C5CCCN5C(=O)[C@@H](NC(=O)O)C(C)C)[nH]4)csc23)[nH]1)C(C)C. The number of carbonyl (C=O) groups excluding carboxylic acids is 3. The molecule has 49 heavy (non-hydrogen) atoms. The number of likely N-dealkylation sites (tertiary alicyclic amines) is 2. The number of thiophene rings is 2. The zero-order valence-electron chi connectivity index (χ0n) is 28.1. The van der Waals surface area contributed by atoms with Gasteiger partial charge >= 0.3 is 12.2 Å². The van der Waals surface area contributed by atoms with Crippen LogP contribution in [0.25, 0.3) is 31.9 Å². The predicted molar refractivity (Wildman–Crippen MR) is 186 cm³/mol. The summed E-state index contributed by atoms with van der Waals surface area (Å²) in [5.41, 5.74) is 3.76. The molecule has 0 aromatic carbocycles. The lowest BCUT2D eigenvalue weighted by Crippen LogP contribution is -2.51. The number of methoxy groups -OCH3 is 1. The molecule has 4 atom stereocenters. The summed E-state index contributed by atoms with van der Waals surface area (Å²) in [6.45, 7) is 8.57. The van der Waals surface area contributed by atoms with Crippen LogP contribution in [-0.2, 0) is 14.3 Å². The number of nitrogens with one attached hydrogen (secondary N) is 4. The van der Waals surface area contributed by atoms with Crippen molar-refractivity contribution in [2.45, 2.75) is 77.5 Å². The first-order chi connectivity index (χ1) is 23.5. The Kier molecular flexibility index (Phi) is 9.97. The Labute approximate surface area is 291 Å². The topological polar surface area (TPSA) is 186 Å². The van der Waals surface area contributed by atoms with E-state index in [1.807, 2.05) is 33.9 Å². The molecule has 14 nitrogen and oxygen atoms in total. The van der Waals surface area contributed by atoms with Gasteiger partial charge in [-0.25, -0.2) is 19.6 Å². The minimum atomic E-state index is -1.22. The molecule has 262 valence electrons. The molecule has 2 saturated heterocycles. The molecule has 4 amide bonds. The van der Waals surface area contributed by atoms with Gasteiger partial charge in [0.1, 0.15) is 23.7 Å². The highest BCUT2D eigenvalue weighted by Crippen LogP contribution is 2.44. The number of rotatable bonds is 10. The third kappa shape index (κ3) is 6.75. The maximum Gasteiger partial charge on any atom is 0.407 e. The monoisotopic (exact) mass is 710 g/mol. The summed E-state index contributed by atoms with van der Waals surface area (Å²) in [5, 5.41) is 18.6. The van der Waals surface area contributed by atoms with E-state index in [0.29, 0.717) is 24.7 Å². The average Bonchev–Trinajstić information content (AvgIpc) is 3.90. The Morgan fingerprint density at radius 3 is 1.67 bits per heavy atom. The summed E-state index contributed by atoms with van der Waals surface area (Å²) in [4.78, 5) is 70.2. The van der Waals surface area contributed by atoms with Gasteiger partial charge in [0.25, 0.3) is 0 Å². The van der Waals surface area contributed by atoms with E-state index in [4.69, 9.17) is 9.72 Å². The van der Waals surface area contributed by atoms with Crippen molar-refractivity contribution in [2.24, 2.45) is 11.8 Å². The molecule has 5 N–H and O–H groups in total. The number of hydrogen-bond donors (Lipinski definition) is 5. The van der Waals surface area contributed by atoms with Crippen LogP contribution in [0.4, 0.5) is 9.59 Å². The van der Waals surface area contributed by atoms with E-state index in [9.17, 15) is 24.3 Å². The number of fused-ring (bicyclic) bond motifs is 1. The van der Waals surface area contributed by atoms with E-state index in [0.717, 1.165) is 57.6 Å². The number of carboxylic acid groups (broad SMARTS) is 1. The lowest BCUT2D eigenvalue weighted by Gasteiger charge is -2.30. The summed E-state index contributed by atoms with van der Waals surface area (Å²) in [6, 6.07) is -2.01. The van der Waals surface area contributed by atoms with Crippen LogP contribution in [0, 0.1) is 11.8 Å². The van der Waals surface area contributed by atoms with Gasteiger partial charge < -0.3 is 40.2 Å². The highest BCUT2D eigenvalue weighted by molar-refractivity contribution is 7.27. The molecule has 6 rings (SSSR count). The van der Waals surface area contributed by atoms with Gasteiger partial charge in [-0.2, -0.15) is 0 Å². The van der Waals surface area contributed by atoms with Gasteiger partial charge in [-0.1, -0.05) is 27.7 Å². The maximum absolute atomic E-state index is 13.6. The number of aromatic amines is 2. The lowest BCUT2D eigenvalue weighted by atomic mass is 10.0. The number of carbonyl (C=O) groups is 4. The second-order valence-electron chi connectivity index (χ2n) is 13.2. The number of ether oxygens (including phenoxy) is 1. The molecule has 0 saturated carbocycles. The molecule has 16 heteroatoms. The van der Waals surface area contributed by atoms with E-state index in [1.165, 1.54) is 7.11 Å². The largest absolute Gasteiger partial charge is 0.465 e. The summed E-state index contributed by atoms with van der Waals surface area (Å²) >= 11 is 3.26. The van der Waals surface area contributed by atoms with Crippen molar-refractivity contribution in [3.05, 3.63) is 34.8 Å². The first kappa shape index (κ1) is 34.4. The van der Waals surface area contributed by atoms with E-state index < -0.39 is 24.3 Å². The molecule has 6 heterocycles. The van der Waals surface area contributed by atoms with Gasteiger partial charge in [0.15, 0.2) is 0 Å². The minimum Gasteiger partial charge on any atom is -0.465 e. The number of nitrogens with zero attached hydrogens (tertiary/aromatic N) is 4. The first-order valence-corrected chi connectivity index (χ1v) is 18.3. The molecule has 0 aliphatic carbocycles. The van der Waals surface area contributed by atoms with Crippen molar-refractivity contribution < 1.29 is 29.0 Å². The smallest absolute Gasteiger partial charge is 0.407 e. The molecule has 4 aromatic rings. The maximum atomic E-state index is 13.6. The standard InChI is InChI=1S/C33H42N8O6S2/c1-16(2)24(38-32(44)45)30(42)40-10-6-8-22(40)28-34-12-20(36-28)18-14-48-27-19(15-49-26(18)27)21-13-35-29(37-21)23-9-7-11-41(23)31(43)25(17(3)4)39-33(46)47-5/h12-17,22-25,38H,6-11H2,1-5H3,(H,34,36)(H,35,37)(H,39,46)(H,44,45)/t22?,23?,24-,25-/m0/s1. The van der Waals surface area contributed by atoms with Crippen LogP contribution >= 0.6 is 22.7 Å². The van der Waals surface area contributed by atoms with Crippen molar-refractivity contribution in [3.63, 3.8) is 0 Å². The van der Waals surface area contributed by atoms with Gasteiger partial charge in [-0.05, 0) is 37.5 Å². The molecule has 2 aliphatic heterocycles. The van der Waals surface area contributed by atoms with Crippen LogP contribution in [0.2, 0.25) is 0 Å². The molecule has 2 aliphatic rings. The van der Waals surface area contributed by atoms with Gasteiger partial charge in [0.05, 0.1) is 52.4 Å². The molecule has 2 unspecified atom stereocenters. The number of H-pyrrole nitrogens is 2. The van der Waals surface area contributed by atoms with Crippen LogP contribution in [0.3, 0.4) is 0 Å². The quantitative estimate of drug-likeness (QED) is 0.138. The summed E-state index contributed by atoms with van der Waals surface area (Å²) in [5.74, 6) is 0.704. The predicted octanol–water partition coefficient (Wildman–Crippen LogP) is 5.74. The molecule has 0 spiro atoms. The normalized spacial score (nSPS) is 19.2. The number of amides is 4. The average molecular weight is 711 g/mol. The first-order valence-electron chi connectivity index (χ1n) is 16.5. The Morgan fingerprint density at radius 1 is 0.816 bits per heavy atom. The van der Waals surface area contributed by atoms with Gasteiger partial charge in [-0.15, -0.1) is 22.7 Å². The lowest BCUT2D eigenvalue weighted by molar-refractivity contribution is -0.136. The van der Waals surface area contributed by atoms with Crippen LogP contribution in [0.15, 0.2) is 23.2 Å². The fourth-order valence-corrected chi connectivity index (χ4v) is 9.24. The molecule has 0 radical (unpaired) electrons. The van der Waals surface area contributed by atoms with Gasteiger partial charge in [0, 0.05) is 35.0 Å². The van der Waals surface area contributed by atoms with E-state index >= 15 is 0 Å². The van der Waals surface area contributed by atoms with Crippen molar-refractivity contribution in [1.29, 1.82) is 0 Å². The van der Waals surface area contributed by atoms with Gasteiger partial charge in [-0.3, -0.25) is 9.59 Å². The zero-order valence-corrected chi connectivity index (χ0v) is 29.7. The Bertz CT molecular complexity index is 1840. The third-order valence-electron chi connectivity index (χ3n) is 9.36. The second-order valence-corrected chi connectivity index (χ2v) is 15.0. The van der Waals surface area contributed by atoms with Crippen molar-refractivity contribution in [2.75, 3.05) is 20.2 Å². The number of imidazole rings is 2. The molecule has 0 bridgehead atoms. The van der Waals surface area contributed by atoms with Crippen molar-refractivity contribution in [1.82, 2.24) is 40.4 Å². The van der Waals surface area contributed by atoms with Crippen LogP contribution in [-0.4, -0.2) is 91.1 Å². The number of alkyl carbamates (subject to hydrolysis) is 1. The van der Waals surface area contributed by atoms with Crippen molar-refractivity contribution >= 4 is 56.1 Å². The molecular weight excluding hydrogens is 669 g/mol. The Balaban J connectivity index is 1.20. The van der Waals surface area contributed by atoms with Crippen LogP contribution in [0.1, 0.15) is 77.1 Å². The number of aromatic nitrogens is 4. The Hall–Kier alpha value is -4.44. The number of hydrogen-bond acceptors (Lipinski definition) is 9. The zero-order chi connectivity index (χ0) is 35.0. The van der Waals surface area contributed by atoms with E-state index in [-0.39, 0.29) is 35.7 Å².